The monoisotopic (exact) mass is 266 g/mol. The van der Waals surface area contributed by atoms with Gasteiger partial charge in [0.25, 0.3) is 0 Å². The largest absolute Gasteiger partial charge is 0.477 e. The summed E-state index contributed by atoms with van der Waals surface area (Å²) in [4.78, 5) is 10.6. The predicted molar refractivity (Wildman–Crippen MR) is 55.0 cm³/mol. The summed E-state index contributed by atoms with van der Waals surface area (Å²) in [6.07, 6.45) is -3.19. The number of hydrogen-bond donors (Lipinski definition) is 3. The van der Waals surface area contributed by atoms with Gasteiger partial charge in [-0.05, 0) is 6.07 Å². The molecule has 0 aliphatic carbocycles. The molecular formula is C10H9ClF2O4. The van der Waals surface area contributed by atoms with Crippen molar-refractivity contribution in [2.75, 3.05) is 5.88 Å². The molecule has 0 spiro atoms. The maximum absolute atomic E-state index is 13.6. The van der Waals surface area contributed by atoms with Crippen LogP contribution in [0.15, 0.2) is 12.1 Å². The second-order valence-corrected chi connectivity index (χ2v) is 3.61. The lowest BCUT2D eigenvalue weighted by atomic mass is 10.0. The van der Waals surface area contributed by atoms with Crippen LogP contribution in [0.2, 0.25) is 0 Å². The van der Waals surface area contributed by atoms with Crippen molar-refractivity contribution >= 4 is 17.6 Å². The minimum Gasteiger partial charge on any atom is -0.477 e. The van der Waals surface area contributed by atoms with Gasteiger partial charge >= 0.3 is 5.97 Å². The fourth-order valence-electron chi connectivity index (χ4n) is 1.28. The molecule has 2 unspecified atom stereocenters. The molecule has 1 aromatic carbocycles. The van der Waals surface area contributed by atoms with Gasteiger partial charge in [-0.2, -0.15) is 0 Å². The standard InChI is InChI=1S/C10H9ClF2O4/c11-3-6(14)9(15)4-1-2-5(12)7(8(4)13)10(16)17/h1-2,6,9,14-15H,3H2,(H,16,17). The van der Waals surface area contributed by atoms with Crippen LogP contribution in [0, 0.1) is 11.6 Å². The number of rotatable bonds is 4. The summed E-state index contributed by atoms with van der Waals surface area (Å²) in [7, 11) is 0. The van der Waals surface area contributed by atoms with Crippen LogP contribution >= 0.6 is 11.6 Å². The molecule has 0 aliphatic heterocycles. The zero-order chi connectivity index (χ0) is 13.2. The summed E-state index contributed by atoms with van der Waals surface area (Å²) in [5, 5.41) is 27.3. The number of carboxylic acid groups (broad SMARTS) is 1. The zero-order valence-electron chi connectivity index (χ0n) is 8.40. The number of alkyl halides is 1. The van der Waals surface area contributed by atoms with E-state index in [2.05, 4.69) is 0 Å². The third kappa shape index (κ3) is 2.71. The van der Waals surface area contributed by atoms with Crippen LogP contribution < -0.4 is 0 Å². The highest BCUT2D eigenvalue weighted by Gasteiger charge is 2.26. The number of aliphatic hydroxyl groups excluding tert-OH is 2. The first-order valence-corrected chi connectivity index (χ1v) is 5.06. The number of aromatic carboxylic acids is 1. The van der Waals surface area contributed by atoms with E-state index >= 15 is 0 Å². The van der Waals surface area contributed by atoms with Gasteiger partial charge in [0, 0.05) is 5.56 Å². The molecule has 7 heteroatoms. The van der Waals surface area contributed by atoms with Crippen LogP contribution in [0.5, 0.6) is 0 Å². The molecule has 0 aromatic heterocycles. The van der Waals surface area contributed by atoms with E-state index in [0.29, 0.717) is 6.07 Å². The SMILES string of the molecule is O=C(O)c1c(F)ccc(C(O)C(O)CCl)c1F. The number of aliphatic hydroxyl groups is 2. The van der Waals surface area contributed by atoms with Gasteiger partial charge in [-0.3, -0.25) is 0 Å². The maximum atomic E-state index is 13.6. The summed E-state index contributed by atoms with van der Waals surface area (Å²) in [6.45, 7) is 0. The summed E-state index contributed by atoms with van der Waals surface area (Å²) in [6, 6.07) is 1.56. The fourth-order valence-corrected chi connectivity index (χ4v) is 1.45. The van der Waals surface area contributed by atoms with E-state index in [1.807, 2.05) is 0 Å². The molecule has 0 saturated carbocycles. The van der Waals surface area contributed by atoms with Crippen LogP contribution in [0.3, 0.4) is 0 Å². The van der Waals surface area contributed by atoms with E-state index in [1.165, 1.54) is 0 Å². The van der Waals surface area contributed by atoms with Crippen molar-refractivity contribution in [3.63, 3.8) is 0 Å². The molecular weight excluding hydrogens is 258 g/mol. The van der Waals surface area contributed by atoms with Gasteiger partial charge in [-0.1, -0.05) is 6.07 Å². The molecule has 0 heterocycles. The van der Waals surface area contributed by atoms with Crippen molar-refractivity contribution < 1.29 is 28.9 Å². The average molecular weight is 267 g/mol. The Morgan fingerprint density at radius 2 is 1.94 bits per heavy atom. The number of halogens is 3. The summed E-state index contributed by atoms with van der Waals surface area (Å²) >= 11 is 5.26. The molecule has 0 radical (unpaired) electrons. The van der Waals surface area contributed by atoms with E-state index < -0.39 is 40.9 Å². The highest BCUT2D eigenvalue weighted by molar-refractivity contribution is 6.18. The van der Waals surface area contributed by atoms with Crippen LogP contribution in [-0.4, -0.2) is 33.3 Å². The molecule has 17 heavy (non-hydrogen) atoms. The van der Waals surface area contributed by atoms with Crippen LogP contribution in [-0.2, 0) is 0 Å². The van der Waals surface area contributed by atoms with Crippen molar-refractivity contribution in [1.82, 2.24) is 0 Å². The lowest BCUT2D eigenvalue weighted by molar-refractivity contribution is 0.0301. The Morgan fingerprint density at radius 1 is 1.35 bits per heavy atom. The van der Waals surface area contributed by atoms with Crippen LogP contribution in [0.1, 0.15) is 22.0 Å². The number of carbonyl (C=O) groups is 1. The van der Waals surface area contributed by atoms with Gasteiger partial charge in [0.05, 0.1) is 12.0 Å². The van der Waals surface area contributed by atoms with Gasteiger partial charge < -0.3 is 15.3 Å². The lowest BCUT2D eigenvalue weighted by Gasteiger charge is -2.17. The molecule has 2 atom stereocenters. The average Bonchev–Trinajstić information content (AvgIpc) is 2.27. The highest BCUT2D eigenvalue weighted by atomic mass is 35.5. The molecule has 0 amide bonds. The lowest BCUT2D eigenvalue weighted by Crippen LogP contribution is -2.22. The van der Waals surface area contributed by atoms with Gasteiger partial charge in [-0.15, -0.1) is 11.6 Å². The zero-order valence-corrected chi connectivity index (χ0v) is 9.16. The Morgan fingerprint density at radius 3 is 2.41 bits per heavy atom. The first kappa shape index (κ1) is 13.8. The Bertz CT molecular complexity index is 439. The molecule has 0 saturated heterocycles. The molecule has 0 fully saturated rings. The maximum Gasteiger partial charge on any atom is 0.341 e. The minimum atomic E-state index is -1.80. The van der Waals surface area contributed by atoms with Gasteiger partial charge in [0.15, 0.2) is 0 Å². The molecule has 4 nitrogen and oxygen atoms in total. The van der Waals surface area contributed by atoms with Crippen molar-refractivity contribution in [2.45, 2.75) is 12.2 Å². The van der Waals surface area contributed by atoms with Crippen LogP contribution in [0.25, 0.3) is 0 Å². The number of benzene rings is 1. The molecule has 0 aliphatic rings. The fraction of sp³-hybridized carbons (Fsp3) is 0.300. The van der Waals surface area contributed by atoms with E-state index in [1.54, 1.807) is 0 Å². The first-order valence-electron chi connectivity index (χ1n) is 4.53. The summed E-state index contributed by atoms with van der Waals surface area (Å²) < 4.78 is 26.6. The molecule has 0 bridgehead atoms. The topological polar surface area (TPSA) is 77.8 Å². The smallest absolute Gasteiger partial charge is 0.341 e. The molecule has 1 aromatic rings. The second kappa shape index (κ2) is 5.39. The Kier molecular flexibility index (Phi) is 4.39. The van der Waals surface area contributed by atoms with Gasteiger partial charge in [-0.25, -0.2) is 13.6 Å². The van der Waals surface area contributed by atoms with Crippen molar-refractivity contribution in [3.05, 3.63) is 34.9 Å². The molecule has 1 rings (SSSR count). The van der Waals surface area contributed by atoms with Crippen molar-refractivity contribution in [1.29, 1.82) is 0 Å². The minimum absolute atomic E-state index is 0.375. The van der Waals surface area contributed by atoms with Crippen molar-refractivity contribution in [2.24, 2.45) is 0 Å². The number of hydrogen-bond acceptors (Lipinski definition) is 3. The molecule has 94 valence electrons. The third-order valence-electron chi connectivity index (χ3n) is 2.18. The summed E-state index contributed by atoms with van der Waals surface area (Å²) in [5.41, 5.74) is -1.69. The third-order valence-corrected chi connectivity index (χ3v) is 2.49. The van der Waals surface area contributed by atoms with Crippen LogP contribution in [0.4, 0.5) is 8.78 Å². The highest BCUT2D eigenvalue weighted by Crippen LogP contribution is 2.25. The van der Waals surface area contributed by atoms with E-state index in [4.69, 9.17) is 16.7 Å². The van der Waals surface area contributed by atoms with Crippen molar-refractivity contribution in [3.8, 4) is 0 Å². The first-order chi connectivity index (χ1) is 7.90. The van der Waals surface area contributed by atoms with E-state index in [-0.39, 0.29) is 5.88 Å². The predicted octanol–water partition coefficient (Wildman–Crippen LogP) is 1.30. The Hall–Kier alpha value is -1.24. The Labute approximate surface area is 100 Å². The van der Waals surface area contributed by atoms with Gasteiger partial charge in [0.2, 0.25) is 0 Å². The Balaban J connectivity index is 3.28. The normalized spacial score (nSPS) is 14.4. The van der Waals surface area contributed by atoms with E-state index in [0.717, 1.165) is 6.07 Å². The van der Waals surface area contributed by atoms with E-state index in [9.17, 15) is 23.8 Å². The number of carboxylic acids is 1. The summed E-state index contributed by atoms with van der Waals surface area (Å²) in [5.74, 6) is -4.85. The molecule has 3 N–H and O–H groups in total. The van der Waals surface area contributed by atoms with Gasteiger partial charge in [0.1, 0.15) is 23.3 Å². The quantitative estimate of drug-likeness (QED) is 0.718. The second-order valence-electron chi connectivity index (χ2n) is 3.30.